The van der Waals surface area contributed by atoms with E-state index in [4.69, 9.17) is 21.1 Å². The van der Waals surface area contributed by atoms with Crippen molar-refractivity contribution in [1.29, 1.82) is 0 Å². The molecule has 0 saturated heterocycles. The zero-order valence-corrected chi connectivity index (χ0v) is 27.4. The van der Waals surface area contributed by atoms with E-state index in [0.717, 1.165) is 27.6 Å². The van der Waals surface area contributed by atoms with Crippen molar-refractivity contribution in [1.82, 2.24) is 4.57 Å². The van der Waals surface area contributed by atoms with E-state index in [9.17, 15) is 9.59 Å². The number of hydrogen-bond donors (Lipinski definition) is 0. The number of rotatable bonds is 7. The van der Waals surface area contributed by atoms with E-state index < -0.39 is 12.0 Å². The normalized spacial score (nSPS) is 14.8. The van der Waals surface area contributed by atoms with Gasteiger partial charge in [-0.05, 0) is 88.4 Å². The highest BCUT2D eigenvalue weighted by Gasteiger charge is 2.33. The van der Waals surface area contributed by atoms with Gasteiger partial charge in [0.25, 0.3) is 5.56 Å². The lowest BCUT2D eigenvalue weighted by atomic mass is 9.95. The number of hydrogen-bond acceptors (Lipinski definition) is 6. The highest BCUT2D eigenvalue weighted by molar-refractivity contribution is 9.10. The van der Waals surface area contributed by atoms with Gasteiger partial charge in [-0.15, -0.1) is 0 Å². The Labute approximate surface area is 271 Å². The summed E-state index contributed by atoms with van der Waals surface area (Å²) in [7, 11) is 0. The van der Waals surface area contributed by atoms with Crippen LogP contribution >= 0.6 is 38.9 Å². The lowest BCUT2D eigenvalue weighted by Crippen LogP contribution is -2.39. The average molecular weight is 688 g/mol. The SMILES string of the molecule is CCOC(=O)C1=C(C)N=c2s/c(=C/c3cc(Cl)c(OCc4ccc5ccccc5c4)c(Br)c3)c(=O)n2[C@@H]1c1ccc(C)cc1. The first-order chi connectivity index (χ1) is 21.2. The number of benzene rings is 4. The van der Waals surface area contributed by atoms with Gasteiger partial charge in [-0.25, -0.2) is 9.79 Å². The molecule has 1 atom stereocenters. The molecule has 0 spiro atoms. The second kappa shape index (κ2) is 12.6. The molecule has 6 nitrogen and oxygen atoms in total. The monoisotopic (exact) mass is 686 g/mol. The standard InChI is InChI=1S/C35H28BrClN2O4S/c1-4-42-34(41)30-21(3)38-35-39(31(30)25-12-9-20(2)10-13-25)33(40)29(44-35)18-23-16-27(36)32(28(37)17-23)43-19-22-11-14-24-7-5-6-8-26(24)15-22/h5-18,31H,4,19H2,1-3H3/b29-18+/t31-/m1/s1. The number of aromatic nitrogens is 1. The Hall–Kier alpha value is -3.98. The number of carbonyl (C=O) groups excluding carboxylic acids is 1. The predicted octanol–water partition coefficient (Wildman–Crippen LogP) is 7.25. The summed E-state index contributed by atoms with van der Waals surface area (Å²) in [6.45, 7) is 6.09. The van der Waals surface area contributed by atoms with Gasteiger partial charge in [-0.2, -0.15) is 0 Å². The van der Waals surface area contributed by atoms with Gasteiger partial charge in [0.05, 0.1) is 37.9 Å². The van der Waals surface area contributed by atoms with Crippen molar-refractivity contribution in [3.63, 3.8) is 0 Å². The van der Waals surface area contributed by atoms with Crippen molar-refractivity contribution < 1.29 is 14.3 Å². The number of halogens is 2. The van der Waals surface area contributed by atoms with Gasteiger partial charge in [-0.1, -0.05) is 89.2 Å². The number of fused-ring (bicyclic) bond motifs is 2. The number of esters is 1. The molecule has 0 radical (unpaired) electrons. The van der Waals surface area contributed by atoms with Crippen LogP contribution in [0, 0.1) is 6.92 Å². The zero-order chi connectivity index (χ0) is 31.0. The van der Waals surface area contributed by atoms with Crippen molar-refractivity contribution in [2.24, 2.45) is 4.99 Å². The van der Waals surface area contributed by atoms with Crippen molar-refractivity contribution in [2.45, 2.75) is 33.4 Å². The van der Waals surface area contributed by atoms with Crippen LogP contribution in [0.2, 0.25) is 5.02 Å². The largest absolute Gasteiger partial charge is 0.486 e. The fourth-order valence-electron chi connectivity index (χ4n) is 5.29. The summed E-state index contributed by atoms with van der Waals surface area (Å²) in [6.07, 6.45) is 1.78. The van der Waals surface area contributed by atoms with Crippen LogP contribution in [0.1, 0.15) is 42.1 Å². The Morgan fingerprint density at radius 2 is 1.80 bits per heavy atom. The van der Waals surface area contributed by atoms with Crippen LogP contribution < -0.4 is 19.6 Å². The average Bonchev–Trinajstić information content (AvgIpc) is 3.30. The van der Waals surface area contributed by atoms with E-state index in [1.165, 1.54) is 16.7 Å². The second-order valence-electron chi connectivity index (χ2n) is 10.5. The van der Waals surface area contributed by atoms with Crippen LogP contribution in [0.3, 0.4) is 0 Å². The summed E-state index contributed by atoms with van der Waals surface area (Å²) in [5.74, 6) is 0.0381. The van der Waals surface area contributed by atoms with Gasteiger partial charge in [0, 0.05) is 0 Å². The Morgan fingerprint density at radius 1 is 1.05 bits per heavy atom. The van der Waals surface area contributed by atoms with Crippen LogP contribution in [0.15, 0.2) is 104 Å². The number of ether oxygens (including phenoxy) is 2. The first-order valence-electron chi connectivity index (χ1n) is 14.1. The minimum atomic E-state index is -0.658. The fraction of sp³-hybridized carbons (Fsp3) is 0.171. The topological polar surface area (TPSA) is 69.9 Å². The molecule has 0 saturated carbocycles. The summed E-state index contributed by atoms with van der Waals surface area (Å²) >= 11 is 11.6. The van der Waals surface area contributed by atoms with E-state index in [2.05, 4.69) is 45.2 Å². The lowest BCUT2D eigenvalue weighted by Gasteiger charge is -2.24. The van der Waals surface area contributed by atoms with Crippen LogP contribution in [0.4, 0.5) is 0 Å². The molecule has 1 aliphatic rings. The maximum atomic E-state index is 13.9. The number of allylic oxidation sites excluding steroid dienone is 1. The summed E-state index contributed by atoms with van der Waals surface area (Å²) in [5.41, 5.74) is 4.26. The molecule has 1 aliphatic heterocycles. The molecule has 1 aromatic heterocycles. The summed E-state index contributed by atoms with van der Waals surface area (Å²) in [6, 6.07) is 25.2. The number of carbonyl (C=O) groups is 1. The fourth-order valence-corrected chi connectivity index (χ4v) is 7.33. The predicted molar refractivity (Wildman–Crippen MR) is 179 cm³/mol. The summed E-state index contributed by atoms with van der Waals surface area (Å²) in [5, 5.41) is 2.73. The highest BCUT2D eigenvalue weighted by Crippen LogP contribution is 2.36. The quantitative estimate of drug-likeness (QED) is 0.169. The zero-order valence-electron chi connectivity index (χ0n) is 24.3. The second-order valence-corrected chi connectivity index (χ2v) is 12.8. The highest BCUT2D eigenvalue weighted by atomic mass is 79.9. The third-order valence-corrected chi connectivity index (χ3v) is 9.28. The minimum Gasteiger partial charge on any atom is -0.486 e. The number of nitrogens with zero attached hydrogens (tertiary/aromatic N) is 2. The molecule has 0 bridgehead atoms. The molecule has 44 heavy (non-hydrogen) atoms. The van der Waals surface area contributed by atoms with Crippen molar-refractivity contribution in [3.05, 3.63) is 142 Å². The van der Waals surface area contributed by atoms with Crippen molar-refractivity contribution in [3.8, 4) is 5.75 Å². The molecule has 0 N–H and O–H groups in total. The smallest absolute Gasteiger partial charge is 0.338 e. The third kappa shape index (κ3) is 5.89. The maximum Gasteiger partial charge on any atom is 0.338 e. The minimum absolute atomic E-state index is 0.220. The molecule has 0 amide bonds. The van der Waals surface area contributed by atoms with Gasteiger partial charge < -0.3 is 9.47 Å². The Kier molecular flexibility index (Phi) is 8.58. The summed E-state index contributed by atoms with van der Waals surface area (Å²) in [4.78, 5) is 32.2. The molecular weight excluding hydrogens is 660 g/mol. The van der Waals surface area contributed by atoms with E-state index in [0.29, 0.717) is 42.5 Å². The van der Waals surface area contributed by atoms with Gasteiger partial charge in [-0.3, -0.25) is 9.36 Å². The van der Waals surface area contributed by atoms with E-state index >= 15 is 0 Å². The van der Waals surface area contributed by atoms with Gasteiger partial charge in [0.1, 0.15) is 6.61 Å². The molecule has 0 fully saturated rings. The number of thiazole rings is 1. The van der Waals surface area contributed by atoms with Gasteiger partial charge >= 0.3 is 5.97 Å². The first kappa shape index (κ1) is 30.1. The van der Waals surface area contributed by atoms with Crippen LogP contribution in [0.25, 0.3) is 16.8 Å². The molecule has 4 aromatic carbocycles. The maximum absolute atomic E-state index is 13.9. The Bertz CT molecular complexity index is 2110. The molecule has 6 rings (SSSR count). The molecule has 222 valence electrons. The molecule has 0 unspecified atom stereocenters. The van der Waals surface area contributed by atoms with Crippen LogP contribution in [0.5, 0.6) is 5.75 Å². The third-order valence-electron chi connectivity index (χ3n) is 7.43. The molecule has 9 heteroatoms. The van der Waals surface area contributed by atoms with Gasteiger partial charge in [0.15, 0.2) is 10.6 Å². The number of aryl methyl sites for hydroxylation is 1. The van der Waals surface area contributed by atoms with Crippen molar-refractivity contribution in [2.75, 3.05) is 6.61 Å². The molecule has 5 aromatic rings. The Balaban J connectivity index is 1.35. The summed E-state index contributed by atoms with van der Waals surface area (Å²) < 4.78 is 14.2. The van der Waals surface area contributed by atoms with E-state index in [1.807, 2.05) is 55.5 Å². The molecule has 2 heterocycles. The Morgan fingerprint density at radius 3 is 2.52 bits per heavy atom. The van der Waals surface area contributed by atoms with Gasteiger partial charge in [0.2, 0.25) is 0 Å². The van der Waals surface area contributed by atoms with Crippen LogP contribution in [-0.2, 0) is 16.1 Å². The van der Waals surface area contributed by atoms with E-state index in [-0.39, 0.29) is 12.2 Å². The van der Waals surface area contributed by atoms with Crippen molar-refractivity contribution >= 4 is 61.7 Å². The molecule has 0 aliphatic carbocycles. The molecular formula is C35H28BrClN2O4S. The lowest BCUT2D eigenvalue weighted by molar-refractivity contribution is -0.139. The first-order valence-corrected chi connectivity index (χ1v) is 16.1. The van der Waals surface area contributed by atoms with E-state index in [1.54, 1.807) is 30.6 Å². The van der Waals surface area contributed by atoms with Crippen LogP contribution in [-0.4, -0.2) is 17.1 Å².